The van der Waals surface area contributed by atoms with Crippen LogP contribution in [0.25, 0.3) is 10.8 Å². The molecular formula is C15H13BrN2S. The summed E-state index contributed by atoms with van der Waals surface area (Å²) in [6.07, 6.45) is 0. The number of hydrogen-bond donors (Lipinski definition) is 2. The molecule has 4 heteroatoms. The van der Waals surface area contributed by atoms with Gasteiger partial charge in [0.15, 0.2) is 0 Å². The van der Waals surface area contributed by atoms with Gasteiger partial charge in [0, 0.05) is 4.88 Å². The predicted molar refractivity (Wildman–Crippen MR) is 85.1 cm³/mol. The van der Waals surface area contributed by atoms with E-state index in [1.165, 1.54) is 21.2 Å². The molecule has 0 bridgehead atoms. The first-order valence-corrected chi connectivity index (χ1v) is 7.59. The van der Waals surface area contributed by atoms with Crippen LogP contribution in [0.4, 0.5) is 0 Å². The van der Waals surface area contributed by atoms with Crippen LogP contribution in [0, 0.1) is 0 Å². The van der Waals surface area contributed by atoms with E-state index < -0.39 is 0 Å². The molecule has 0 saturated carbocycles. The van der Waals surface area contributed by atoms with Crippen LogP contribution in [0.2, 0.25) is 0 Å². The van der Waals surface area contributed by atoms with Crippen molar-refractivity contribution in [1.82, 2.24) is 5.43 Å². The summed E-state index contributed by atoms with van der Waals surface area (Å²) < 4.78 is 1.11. The Labute approximate surface area is 124 Å². The van der Waals surface area contributed by atoms with Gasteiger partial charge in [-0.15, -0.1) is 11.3 Å². The molecule has 96 valence electrons. The molecule has 1 aromatic heterocycles. The third-order valence-electron chi connectivity index (χ3n) is 3.15. The fourth-order valence-corrected chi connectivity index (χ4v) is 3.73. The minimum absolute atomic E-state index is 0.0286. The first-order valence-electron chi connectivity index (χ1n) is 5.98. The Hall–Kier alpha value is -1.20. The zero-order chi connectivity index (χ0) is 13.2. The molecule has 0 aliphatic heterocycles. The van der Waals surface area contributed by atoms with Crippen LogP contribution in [-0.2, 0) is 0 Å². The number of fused-ring (bicyclic) bond motifs is 1. The zero-order valence-corrected chi connectivity index (χ0v) is 12.5. The van der Waals surface area contributed by atoms with Crippen LogP contribution >= 0.6 is 27.3 Å². The van der Waals surface area contributed by atoms with Crippen molar-refractivity contribution >= 4 is 38.0 Å². The average Bonchev–Trinajstić information content (AvgIpc) is 2.86. The molecule has 0 saturated heterocycles. The van der Waals surface area contributed by atoms with E-state index in [1.54, 1.807) is 11.3 Å². The van der Waals surface area contributed by atoms with Gasteiger partial charge in [0.25, 0.3) is 0 Å². The van der Waals surface area contributed by atoms with Crippen LogP contribution in [0.15, 0.2) is 58.4 Å². The Morgan fingerprint density at radius 3 is 2.47 bits per heavy atom. The van der Waals surface area contributed by atoms with Crippen molar-refractivity contribution in [3.05, 3.63) is 68.8 Å². The van der Waals surface area contributed by atoms with Crippen molar-refractivity contribution in [3.63, 3.8) is 0 Å². The summed E-state index contributed by atoms with van der Waals surface area (Å²) in [5.74, 6) is 5.73. The number of halogens is 1. The minimum Gasteiger partial charge on any atom is -0.271 e. The number of hydrazine groups is 1. The molecule has 1 unspecified atom stereocenters. The van der Waals surface area contributed by atoms with E-state index in [1.807, 2.05) is 6.07 Å². The van der Waals surface area contributed by atoms with Gasteiger partial charge in [-0.3, -0.25) is 5.84 Å². The van der Waals surface area contributed by atoms with Crippen LogP contribution in [0.5, 0.6) is 0 Å². The van der Waals surface area contributed by atoms with Crippen molar-refractivity contribution in [3.8, 4) is 0 Å². The maximum atomic E-state index is 5.73. The third kappa shape index (κ3) is 2.58. The maximum Gasteiger partial charge on any atom is 0.0803 e. The SMILES string of the molecule is NNC(c1ccc2ccccc2c1)c1ccc(Br)s1. The van der Waals surface area contributed by atoms with Crippen molar-refractivity contribution in [2.45, 2.75) is 6.04 Å². The number of nitrogens with one attached hydrogen (secondary N) is 1. The molecular weight excluding hydrogens is 320 g/mol. The number of rotatable bonds is 3. The highest BCUT2D eigenvalue weighted by Crippen LogP contribution is 2.31. The predicted octanol–water partition coefficient (Wildman–Crippen LogP) is 4.22. The van der Waals surface area contributed by atoms with E-state index in [0.717, 1.165) is 3.79 Å². The Kier molecular flexibility index (Phi) is 3.66. The van der Waals surface area contributed by atoms with Crippen molar-refractivity contribution in [2.75, 3.05) is 0 Å². The van der Waals surface area contributed by atoms with Crippen LogP contribution in [0.1, 0.15) is 16.5 Å². The Balaban J connectivity index is 2.06. The highest BCUT2D eigenvalue weighted by molar-refractivity contribution is 9.11. The number of thiophene rings is 1. The average molecular weight is 333 g/mol. The lowest BCUT2D eigenvalue weighted by molar-refractivity contribution is 0.647. The van der Waals surface area contributed by atoms with Gasteiger partial charge in [-0.2, -0.15) is 0 Å². The van der Waals surface area contributed by atoms with Crippen molar-refractivity contribution in [1.29, 1.82) is 0 Å². The number of hydrogen-bond acceptors (Lipinski definition) is 3. The van der Waals surface area contributed by atoms with Gasteiger partial charge >= 0.3 is 0 Å². The standard InChI is InChI=1S/C15H13BrN2S/c16-14-8-7-13(19-14)15(18-17)12-6-5-10-3-1-2-4-11(10)9-12/h1-9,15,18H,17H2. The van der Waals surface area contributed by atoms with E-state index in [4.69, 9.17) is 5.84 Å². The molecule has 3 aromatic rings. The second kappa shape index (κ2) is 5.43. The molecule has 3 N–H and O–H groups in total. The highest BCUT2D eigenvalue weighted by Gasteiger charge is 2.14. The van der Waals surface area contributed by atoms with Crippen LogP contribution in [-0.4, -0.2) is 0 Å². The highest BCUT2D eigenvalue weighted by atomic mass is 79.9. The molecule has 0 aliphatic rings. The molecule has 1 heterocycles. The van der Waals surface area contributed by atoms with Crippen molar-refractivity contribution in [2.24, 2.45) is 5.84 Å². The summed E-state index contributed by atoms with van der Waals surface area (Å²) >= 11 is 5.19. The van der Waals surface area contributed by atoms with Gasteiger partial charge in [-0.25, -0.2) is 5.43 Å². The second-order valence-electron chi connectivity index (χ2n) is 4.35. The molecule has 0 fully saturated rings. The monoisotopic (exact) mass is 332 g/mol. The quantitative estimate of drug-likeness (QED) is 0.556. The van der Waals surface area contributed by atoms with Crippen LogP contribution in [0.3, 0.4) is 0 Å². The van der Waals surface area contributed by atoms with E-state index in [0.29, 0.717) is 0 Å². The summed E-state index contributed by atoms with van der Waals surface area (Å²) in [6.45, 7) is 0. The van der Waals surface area contributed by atoms with E-state index >= 15 is 0 Å². The first-order chi connectivity index (χ1) is 9.28. The van der Waals surface area contributed by atoms with Crippen molar-refractivity contribution < 1.29 is 0 Å². The lowest BCUT2D eigenvalue weighted by Gasteiger charge is -2.15. The molecule has 0 spiro atoms. The van der Waals surface area contributed by atoms with Gasteiger partial charge in [0.05, 0.1) is 9.83 Å². The minimum atomic E-state index is 0.0286. The molecule has 1 atom stereocenters. The second-order valence-corrected chi connectivity index (χ2v) is 6.84. The fraction of sp³-hybridized carbons (Fsp3) is 0.0667. The number of nitrogens with two attached hydrogens (primary N) is 1. The summed E-state index contributed by atoms with van der Waals surface area (Å²) in [5.41, 5.74) is 4.08. The molecule has 0 aliphatic carbocycles. The van der Waals surface area contributed by atoms with Gasteiger partial charge in [0.1, 0.15) is 0 Å². The zero-order valence-electron chi connectivity index (χ0n) is 10.1. The lowest BCUT2D eigenvalue weighted by Crippen LogP contribution is -2.28. The topological polar surface area (TPSA) is 38.0 Å². The van der Waals surface area contributed by atoms with Gasteiger partial charge < -0.3 is 0 Å². The molecule has 3 rings (SSSR count). The third-order valence-corrected chi connectivity index (χ3v) is 4.84. The summed E-state index contributed by atoms with van der Waals surface area (Å²) in [4.78, 5) is 1.20. The molecule has 19 heavy (non-hydrogen) atoms. The summed E-state index contributed by atoms with van der Waals surface area (Å²) in [7, 11) is 0. The normalized spacial score (nSPS) is 12.7. The smallest absolute Gasteiger partial charge is 0.0803 e. The molecule has 0 radical (unpaired) electrons. The summed E-state index contributed by atoms with van der Waals surface area (Å²) in [5, 5.41) is 2.48. The van der Waals surface area contributed by atoms with E-state index in [2.05, 4.69) is 69.9 Å². The Morgan fingerprint density at radius 1 is 1.00 bits per heavy atom. The summed E-state index contributed by atoms with van der Waals surface area (Å²) in [6, 6.07) is 19.0. The first kappa shape index (κ1) is 12.8. The number of benzene rings is 2. The molecule has 0 amide bonds. The van der Waals surface area contributed by atoms with E-state index in [9.17, 15) is 0 Å². The Morgan fingerprint density at radius 2 is 1.79 bits per heavy atom. The Bertz CT molecular complexity index is 708. The van der Waals surface area contributed by atoms with Crippen LogP contribution < -0.4 is 11.3 Å². The molecule has 2 nitrogen and oxygen atoms in total. The maximum absolute atomic E-state index is 5.73. The lowest BCUT2D eigenvalue weighted by atomic mass is 10.0. The largest absolute Gasteiger partial charge is 0.271 e. The fourth-order valence-electron chi connectivity index (χ4n) is 2.21. The van der Waals surface area contributed by atoms with Gasteiger partial charge in [-0.1, -0.05) is 36.4 Å². The molecule has 2 aromatic carbocycles. The van der Waals surface area contributed by atoms with Gasteiger partial charge in [0.2, 0.25) is 0 Å². The van der Waals surface area contributed by atoms with Gasteiger partial charge in [-0.05, 0) is 50.5 Å². The van der Waals surface area contributed by atoms with E-state index in [-0.39, 0.29) is 6.04 Å².